The predicted molar refractivity (Wildman–Crippen MR) is 54.7 cm³/mol. The summed E-state index contributed by atoms with van der Waals surface area (Å²) in [4.78, 5) is 10.4. The molecule has 1 aliphatic rings. The van der Waals surface area contributed by atoms with Gasteiger partial charge in [-0.05, 0) is 6.42 Å². The van der Waals surface area contributed by atoms with Gasteiger partial charge in [0.15, 0.2) is 0 Å². The Labute approximate surface area is 91.6 Å². The summed E-state index contributed by atoms with van der Waals surface area (Å²) in [7, 11) is -1.86. The van der Waals surface area contributed by atoms with Gasteiger partial charge in [0.2, 0.25) is 10.0 Å². The second-order valence-corrected chi connectivity index (χ2v) is 6.21. The summed E-state index contributed by atoms with van der Waals surface area (Å²) in [5.74, 6) is -0.277. The molecular weight excluding hydrogens is 274 g/mol. The lowest BCUT2D eigenvalue weighted by Crippen LogP contribution is -2.35. The van der Waals surface area contributed by atoms with Gasteiger partial charge in [-0.25, -0.2) is 12.7 Å². The Kier molecular flexibility index (Phi) is 3.91. The van der Waals surface area contributed by atoms with Gasteiger partial charge in [-0.15, -0.1) is 0 Å². The Balaban J connectivity index is 2.57. The smallest absolute Gasteiger partial charge is 0.320 e. The largest absolute Gasteiger partial charge is 0.468 e. The molecule has 0 aromatic carbocycles. The van der Waals surface area contributed by atoms with Crippen molar-refractivity contribution in [3.05, 3.63) is 0 Å². The van der Waals surface area contributed by atoms with Crippen molar-refractivity contribution >= 4 is 31.9 Å². The number of methoxy groups -OCH3 is 1. The van der Waals surface area contributed by atoms with Crippen molar-refractivity contribution in [2.75, 3.05) is 26.0 Å². The molecule has 1 aliphatic heterocycles. The van der Waals surface area contributed by atoms with Gasteiger partial charge >= 0.3 is 5.97 Å². The minimum atomic E-state index is -3.13. The maximum absolute atomic E-state index is 11.4. The number of carbonyl (C=O) groups is 1. The van der Waals surface area contributed by atoms with Crippen LogP contribution in [0.5, 0.6) is 0 Å². The van der Waals surface area contributed by atoms with Crippen LogP contribution in [0.4, 0.5) is 0 Å². The molecule has 0 radical (unpaired) electrons. The lowest BCUT2D eigenvalue weighted by atomic mass is 10.4. The average molecular weight is 286 g/mol. The van der Waals surface area contributed by atoms with Gasteiger partial charge in [0.1, 0.15) is 4.83 Å². The molecule has 0 spiro atoms. The highest BCUT2D eigenvalue weighted by Gasteiger charge is 2.31. The number of esters is 1. The molecule has 1 atom stereocenters. The van der Waals surface area contributed by atoms with Crippen LogP contribution < -0.4 is 0 Å². The maximum atomic E-state index is 11.4. The van der Waals surface area contributed by atoms with Crippen LogP contribution in [0.3, 0.4) is 0 Å². The number of carbonyl (C=O) groups excluding carboxylic acids is 1. The monoisotopic (exact) mass is 285 g/mol. The molecule has 1 heterocycles. The second kappa shape index (κ2) is 4.59. The number of alkyl halides is 1. The van der Waals surface area contributed by atoms with E-state index in [4.69, 9.17) is 0 Å². The van der Waals surface area contributed by atoms with E-state index in [9.17, 15) is 13.2 Å². The lowest BCUT2D eigenvalue weighted by molar-refractivity contribution is -0.139. The van der Waals surface area contributed by atoms with Gasteiger partial charge in [-0.2, -0.15) is 0 Å². The van der Waals surface area contributed by atoms with Crippen LogP contribution >= 0.6 is 15.9 Å². The molecule has 7 heteroatoms. The molecule has 0 amide bonds. The highest BCUT2D eigenvalue weighted by atomic mass is 79.9. The SMILES string of the molecule is COC(=O)C(Br)CN1CCCS1(=O)=O. The Morgan fingerprint density at radius 2 is 2.29 bits per heavy atom. The number of hydrogen-bond acceptors (Lipinski definition) is 4. The first-order valence-electron chi connectivity index (χ1n) is 4.17. The number of sulfonamides is 1. The number of ether oxygens (including phenoxy) is 1. The van der Waals surface area contributed by atoms with Crippen LogP contribution in [-0.2, 0) is 19.6 Å². The minimum absolute atomic E-state index is 0.148. The third kappa shape index (κ3) is 2.68. The van der Waals surface area contributed by atoms with E-state index in [1.165, 1.54) is 11.4 Å². The summed E-state index contributed by atoms with van der Waals surface area (Å²) in [6, 6.07) is 0. The molecule has 0 N–H and O–H groups in total. The highest BCUT2D eigenvalue weighted by Crippen LogP contribution is 2.16. The zero-order valence-corrected chi connectivity index (χ0v) is 10.2. The minimum Gasteiger partial charge on any atom is -0.468 e. The zero-order chi connectivity index (χ0) is 10.8. The number of halogens is 1. The van der Waals surface area contributed by atoms with Crippen molar-refractivity contribution in [1.82, 2.24) is 4.31 Å². The van der Waals surface area contributed by atoms with Gasteiger partial charge in [0.05, 0.1) is 12.9 Å². The van der Waals surface area contributed by atoms with E-state index >= 15 is 0 Å². The molecule has 0 aromatic rings. The van der Waals surface area contributed by atoms with Crippen molar-refractivity contribution in [1.29, 1.82) is 0 Å². The quantitative estimate of drug-likeness (QED) is 0.539. The number of rotatable bonds is 3. The van der Waals surface area contributed by atoms with Crippen molar-refractivity contribution in [2.24, 2.45) is 0 Å². The Morgan fingerprint density at radius 3 is 2.71 bits per heavy atom. The molecule has 1 unspecified atom stereocenters. The topological polar surface area (TPSA) is 63.7 Å². The average Bonchev–Trinajstić information content (AvgIpc) is 2.44. The predicted octanol–water partition coefficient (Wildman–Crippen LogP) is -0.0416. The molecule has 14 heavy (non-hydrogen) atoms. The standard InChI is InChI=1S/C7H12BrNO4S/c1-13-7(10)6(8)5-9-3-2-4-14(9,11)12/h6H,2-5H2,1H3. The maximum Gasteiger partial charge on any atom is 0.320 e. The lowest BCUT2D eigenvalue weighted by Gasteiger charge is -2.16. The summed E-state index contributed by atoms with van der Waals surface area (Å²) >= 11 is 3.08. The first kappa shape index (κ1) is 11.9. The highest BCUT2D eigenvalue weighted by molar-refractivity contribution is 9.10. The van der Waals surface area contributed by atoms with Crippen molar-refractivity contribution in [3.63, 3.8) is 0 Å². The summed E-state index contributed by atoms with van der Waals surface area (Å²) in [5, 5.41) is 0. The fourth-order valence-electron chi connectivity index (χ4n) is 1.28. The van der Waals surface area contributed by atoms with Crippen LogP contribution in [-0.4, -0.2) is 49.5 Å². The van der Waals surface area contributed by atoms with Crippen LogP contribution in [0.15, 0.2) is 0 Å². The van der Waals surface area contributed by atoms with Gasteiger partial charge in [-0.3, -0.25) is 4.79 Å². The first-order valence-corrected chi connectivity index (χ1v) is 6.69. The summed E-state index contributed by atoms with van der Waals surface area (Å²) in [6.45, 7) is 0.635. The van der Waals surface area contributed by atoms with Gasteiger partial charge in [-0.1, -0.05) is 15.9 Å². The molecular formula is C7H12BrNO4S. The summed E-state index contributed by atoms with van der Waals surface area (Å²) in [5.41, 5.74) is 0. The van der Waals surface area contributed by atoms with E-state index in [0.29, 0.717) is 13.0 Å². The molecule has 0 bridgehead atoms. The molecule has 0 aromatic heterocycles. The van der Waals surface area contributed by atoms with Gasteiger partial charge in [0.25, 0.3) is 0 Å². The molecule has 0 saturated carbocycles. The molecule has 1 rings (SSSR count). The normalized spacial score (nSPS) is 23.3. The van der Waals surface area contributed by atoms with Gasteiger partial charge < -0.3 is 4.74 Å². The molecule has 1 fully saturated rings. The van der Waals surface area contributed by atoms with Crippen LogP contribution in [0.25, 0.3) is 0 Å². The van der Waals surface area contributed by atoms with E-state index in [0.717, 1.165) is 0 Å². The van der Waals surface area contributed by atoms with E-state index in [1.807, 2.05) is 0 Å². The van der Waals surface area contributed by atoms with E-state index in [2.05, 4.69) is 20.7 Å². The van der Waals surface area contributed by atoms with E-state index in [-0.39, 0.29) is 12.3 Å². The third-order valence-electron chi connectivity index (χ3n) is 2.02. The van der Waals surface area contributed by atoms with E-state index in [1.54, 1.807) is 0 Å². The van der Waals surface area contributed by atoms with Crippen LogP contribution in [0.1, 0.15) is 6.42 Å². The molecule has 5 nitrogen and oxygen atoms in total. The third-order valence-corrected chi connectivity index (χ3v) is 4.61. The van der Waals surface area contributed by atoms with Crippen LogP contribution in [0.2, 0.25) is 0 Å². The first-order chi connectivity index (χ1) is 6.47. The zero-order valence-electron chi connectivity index (χ0n) is 7.77. The second-order valence-electron chi connectivity index (χ2n) is 3.02. The Hall–Kier alpha value is -0.140. The molecule has 1 saturated heterocycles. The van der Waals surface area contributed by atoms with Crippen molar-refractivity contribution < 1.29 is 17.9 Å². The summed E-state index contributed by atoms with van der Waals surface area (Å²) < 4.78 is 28.5. The Morgan fingerprint density at radius 1 is 1.64 bits per heavy atom. The van der Waals surface area contributed by atoms with Gasteiger partial charge in [0, 0.05) is 13.1 Å². The summed E-state index contributed by atoms with van der Waals surface area (Å²) in [6.07, 6.45) is 0.628. The van der Waals surface area contributed by atoms with Crippen molar-refractivity contribution in [3.8, 4) is 0 Å². The van der Waals surface area contributed by atoms with Crippen molar-refractivity contribution in [2.45, 2.75) is 11.2 Å². The fourth-order valence-corrected chi connectivity index (χ4v) is 3.54. The number of hydrogen-bond donors (Lipinski definition) is 0. The van der Waals surface area contributed by atoms with Crippen LogP contribution in [0, 0.1) is 0 Å². The fraction of sp³-hybridized carbons (Fsp3) is 0.857. The molecule has 82 valence electrons. The number of nitrogens with zero attached hydrogens (tertiary/aromatic N) is 1. The van der Waals surface area contributed by atoms with E-state index < -0.39 is 20.8 Å². The Bertz CT molecular complexity index is 316. The molecule has 0 aliphatic carbocycles.